The first-order valence-electron chi connectivity index (χ1n) is 7.80. The number of nitrogens with zero attached hydrogens (tertiary/aromatic N) is 3. The van der Waals surface area contributed by atoms with E-state index in [9.17, 15) is 13.2 Å². The van der Waals surface area contributed by atoms with E-state index in [0.717, 1.165) is 5.56 Å². The van der Waals surface area contributed by atoms with E-state index in [4.69, 9.17) is 0 Å². The summed E-state index contributed by atoms with van der Waals surface area (Å²) in [5, 5.41) is 0. The standard InChI is InChI=1S/C16H23N3O3S/c1-17(2)23(21,22)19-11-9-16(10-12-19)14(18(3)15(16)20)13-7-5-4-6-8-13/h4-8,14H,9-12H2,1-3H3/t14-/m0/s1. The van der Waals surface area contributed by atoms with Crippen molar-refractivity contribution in [2.75, 3.05) is 34.2 Å². The predicted molar refractivity (Wildman–Crippen MR) is 87.8 cm³/mol. The minimum atomic E-state index is -3.41. The van der Waals surface area contributed by atoms with E-state index in [1.165, 1.54) is 22.7 Å². The van der Waals surface area contributed by atoms with E-state index in [1.807, 2.05) is 37.4 Å². The highest BCUT2D eigenvalue weighted by Gasteiger charge is 2.60. The Bertz CT molecular complexity index is 695. The molecule has 6 nitrogen and oxygen atoms in total. The van der Waals surface area contributed by atoms with Crippen molar-refractivity contribution < 1.29 is 13.2 Å². The molecule has 2 fully saturated rings. The highest BCUT2D eigenvalue weighted by atomic mass is 32.2. The fraction of sp³-hybridized carbons (Fsp3) is 0.562. The second kappa shape index (κ2) is 5.58. The van der Waals surface area contributed by atoms with Crippen LogP contribution in [0.5, 0.6) is 0 Å². The van der Waals surface area contributed by atoms with Crippen LogP contribution in [0.1, 0.15) is 24.4 Å². The Balaban J connectivity index is 1.83. The van der Waals surface area contributed by atoms with Gasteiger partial charge in [-0.15, -0.1) is 0 Å². The molecule has 1 aromatic carbocycles. The van der Waals surface area contributed by atoms with Crippen molar-refractivity contribution in [1.29, 1.82) is 0 Å². The molecule has 2 saturated heterocycles. The van der Waals surface area contributed by atoms with Crippen molar-refractivity contribution in [2.24, 2.45) is 5.41 Å². The fourth-order valence-corrected chi connectivity index (χ4v) is 5.01. The average Bonchev–Trinajstić information content (AvgIpc) is 2.56. The van der Waals surface area contributed by atoms with Gasteiger partial charge in [-0.25, -0.2) is 0 Å². The molecular weight excluding hydrogens is 314 g/mol. The van der Waals surface area contributed by atoms with Gasteiger partial charge in [0.1, 0.15) is 0 Å². The summed E-state index contributed by atoms with van der Waals surface area (Å²) in [5.74, 6) is 0.133. The number of piperidine rings is 1. The van der Waals surface area contributed by atoms with Crippen molar-refractivity contribution in [3.63, 3.8) is 0 Å². The number of amides is 1. The minimum absolute atomic E-state index is 0.0420. The van der Waals surface area contributed by atoms with Gasteiger partial charge >= 0.3 is 0 Å². The third kappa shape index (κ3) is 2.38. The number of rotatable bonds is 3. The Labute approximate surface area is 137 Å². The van der Waals surface area contributed by atoms with Gasteiger partial charge in [0, 0.05) is 34.2 Å². The van der Waals surface area contributed by atoms with E-state index < -0.39 is 15.6 Å². The molecule has 0 aromatic heterocycles. The number of hydrogen-bond acceptors (Lipinski definition) is 3. The van der Waals surface area contributed by atoms with Gasteiger partial charge in [0.05, 0.1) is 11.5 Å². The summed E-state index contributed by atoms with van der Waals surface area (Å²) in [7, 11) is 1.49. The number of carbonyl (C=O) groups is 1. The quantitative estimate of drug-likeness (QED) is 0.776. The number of hydrogen-bond donors (Lipinski definition) is 0. The molecule has 0 radical (unpaired) electrons. The first kappa shape index (κ1) is 16.4. The molecular formula is C16H23N3O3S. The van der Waals surface area contributed by atoms with E-state index in [0.29, 0.717) is 25.9 Å². The molecule has 0 unspecified atom stereocenters. The van der Waals surface area contributed by atoms with Gasteiger partial charge < -0.3 is 4.90 Å². The third-order valence-electron chi connectivity index (χ3n) is 5.17. The van der Waals surface area contributed by atoms with E-state index in [-0.39, 0.29) is 11.9 Å². The highest BCUT2D eigenvalue weighted by molar-refractivity contribution is 7.86. The van der Waals surface area contributed by atoms with Crippen molar-refractivity contribution in [2.45, 2.75) is 18.9 Å². The molecule has 7 heteroatoms. The van der Waals surface area contributed by atoms with Gasteiger partial charge in [0.2, 0.25) is 5.91 Å². The Morgan fingerprint density at radius 2 is 1.70 bits per heavy atom. The molecule has 2 aliphatic rings. The topological polar surface area (TPSA) is 60.9 Å². The van der Waals surface area contributed by atoms with Crippen molar-refractivity contribution in [3.05, 3.63) is 35.9 Å². The van der Waals surface area contributed by atoms with Crippen LogP contribution < -0.4 is 0 Å². The number of benzene rings is 1. The van der Waals surface area contributed by atoms with Gasteiger partial charge in [0.25, 0.3) is 10.2 Å². The molecule has 23 heavy (non-hydrogen) atoms. The Morgan fingerprint density at radius 1 is 1.13 bits per heavy atom. The Hall–Kier alpha value is -1.44. The van der Waals surface area contributed by atoms with Crippen LogP contribution in [-0.2, 0) is 15.0 Å². The summed E-state index contributed by atoms with van der Waals surface area (Å²) in [6.07, 6.45) is 1.14. The van der Waals surface area contributed by atoms with Gasteiger partial charge in [0.15, 0.2) is 0 Å². The molecule has 1 spiro atoms. The summed E-state index contributed by atoms with van der Waals surface area (Å²) >= 11 is 0. The van der Waals surface area contributed by atoms with Crippen LogP contribution in [0.2, 0.25) is 0 Å². The van der Waals surface area contributed by atoms with E-state index in [1.54, 1.807) is 4.90 Å². The lowest BCUT2D eigenvalue weighted by molar-refractivity contribution is -0.175. The number of β-lactam (4-membered cyclic amide) rings is 1. The van der Waals surface area contributed by atoms with Crippen LogP contribution in [-0.4, -0.2) is 62.1 Å². The van der Waals surface area contributed by atoms with Crippen LogP contribution in [0, 0.1) is 5.41 Å². The van der Waals surface area contributed by atoms with Crippen molar-refractivity contribution in [1.82, 2.24) is 13.5 Å². The zero-order valence-electron chi connectivity index (χ0n) is 13.8. The first-order valence-corrected chi connectivity index (χ1v) is 9.20. The van der Waals surface area contributed by atoms with Crippen LogP contribution in [0.15, 0.2) is 30.3 Å². The molecule has 2 heterocycles. The van der Waals surface area contributed by atoms with Crippen molar-refractivity contribution in [3.8, 4) is 0 Å². The van der Waals surface area contributed by atoms with E-state index >= 15 is 0 Å². The lowest BCUT2D eigenvalue weighted by Crippen LogP contribution is -2.65. The second-order valence-electron chi connectivity index (χ2n) is 6.57. The predicted octanol–water partition coefficient (Wildman–Crippen LogP) is 1.09. The molecule has 0 N–H and O–H groups in total. The normalized spacial score (nSPS) is 25.0. The van der Waals surface area contributed by atoms with E-state index in [2.05, 4.69) is 0 Å². The summed E-state index contributed by atoms with van der Waals surface area (Å²) in [4.78, 5) is 14.3. The molecule has 1 amide bonds. The maximum absolute atomic E-state index is 12.6. The summed E-state index contributed by atoms with van der Waals surface area (Å²) < 4.78 is 27.2. The molecule has 0 saturated carbocycles. The zero-order chi connectivity index (χ0) is 16.8. The Kier molecular flexibility index (Phi) is 3.98. The molecule has 126 valence electrons. The van der Waals surface area contributed by atoms with Crippen molar-refractivity contribution >= 4 is 16.1 Å². The maximum atomic E-state index is 12.6. The summed E-state index contributed by atoms with van der Waals surface area (Å²) in [5.41, 5.74) is 0.674. The molecule has 0 bridgehead atoms. The van der Waals surface area contributed by atoms with Crippen LogP contribution in [0.4, 0.5) is 0 Å². The van der Waals surface area contributed by atoms with Crippen LogP contribution in [0.3, 0.4) is 0 Å². The monoisotopic (exact) mass is 337 g/mol. The summed E-state index contributed by atoms with van der Waals surface area (Å²) in [6.45, 7) is 0.785. The Morgan fingerprint density at radius 3 is 2.22 bits per heavy atom. The smallest absolute Gasteiger partial charge is 0.281 e. The maximum Gasteiger partial charge on any atom is 0.281 e. The lowest BCUT2D eigenvalue weighted by atomic mass is 9.63. The molecule has 1 atom stereocenters. The number of likely N-dealkylation sites (tertiary alicyclic amines) is 1. The molecule has 3 rings (SSSR count). The molecule has 0 aliphatic carbocycles. The lowest BCUT2D eigenvalue weighted by Gasteiger charge is -2.57. The SMILES string of the molecule is CN1C(=O)C2(CCN(S(=O)(=O)N(C)C)CC2)[C@@H]1c1ccccc1. The average molecular weight is 337 g/mol. The fourth-order valence-electron chi connectivity index (χ4n) is 3.90. The second-order valence-corrected chi connectivity index (χ2v) is 8.72. The van der Waals surface area contributed by atoms with Gasteiger partial charge in [-0.2, -0.15) is 17.0 Å². The zero-order valence-corrected chi connectivity index (χ0v) is 14.6. The highest BCUT2D eigenvalue weighted by Crippen LogP contribution is 2.55. The van der Waals surface area contributed by atoms with Crippen LogP contribution in [0.25, 0.3) is 0 Å². The number of carbonyl (C=O) groups excluding carboxylic acids is 1. The summed E-state index contributed by atoms with van der Waals surface area (Å²) in [6, 6.07) is 10.0. The molecule has 2 aliphatic heterocycles. The van der Waals surface area contributed by atoms with Gasteiger partial charge in [-0.05, 0) is 18.4 Å². The largest absolute Gasteiger partial charge is 0.337 e. The van der Waals surface area contributed by atoms with Crippen LogP contribution >= 0.6 is 0 Å². The van der Waals surface area contributed by atoms with Gasteiger partial charge in [-0.3, -0.25) is 4.79 Å². The van der Waals surface area contributed by atoms with Gasteiger partial charge in [-0.1, -0.05) is 30.3 Å². The third-order valence-corrected chi connectivity index (χ3v) is 7.12. The minimum Gasteiger partial charge on any atom is -0.337 e. The first-order chi connectivity index (χ1) is 10.8. The molecule has 1 aromatic rings.